The molecule has 0 saturated carbocycles. The number of carbonyl (C=O) groups is 1. The summed E-state index contributed by atoms with van der Waals surface area (Å²) < 4.78 is 11.8. The number of likely N-dealkylation sites (tertiary alicyclic amines) is 1. The van der Waals surface area contributed by atoms with Gasteiger partial charge in [0.1, 0.15) is 11.3 Å². The number of fused-ring (bicyclic) bond motifs is 1. The molecule has 2 unspecified atom stereocenters. The molecule has 2 fully saturated rings. The van der Waals surface area contributed by atoms with Gasteiger partial charge in [-0.15, -0.1) is 0 Å². The van der Waals surface area contributed by atoms with Crippen LogP contribution in [0.5, 0.6) is 0 Å². The average Bonchev–Trinajstić information content (AvgIpc) is 3.09. The molecule has 0 radical (unpaired) electrons. The first-order valence-corrected chi connectivity index (χ1v) is 11.4. The van der Waals surface area contributed by atoms with E-state index in [-0.39, 0.29) is 5.91 Å². The largest absolute Gasteiger partial charge is 0.460 e. The zero-order valence-electron chi connectivity index (χ0n) is 18.5. The van der Waals surface area contributed by atoms with Crippen LogP contribution in [-0.2, 0) is 16.0 Å². The maximum atomic E-state index is 12.8. The van der Waals surface area contributed by atoms with E-state index in [0.29, 0.717) is 18.1 Å². The Morgan fingerprint density at radius 2 is 1.83 bits per heavy atom. The van der Waals surface area contributed by atoms with Crippen molar-refractivity contribution in [1.82, 2.24) is 9.80 Å². The summed E-state index contributed by atoms with van der Waals surface area (Å²) in [6.07, 6.45) is 7.26. The number of para-hydroxylation sites is 1. The SMILES string of the molecule is CCc1oc2ccccc2c1/C=C/C(=O)N1CCC(CN2CC(C)OC(C)C2)CC1. The van der Waals surface area contributed by atoms with E-state index in [0.717, 1.165) is 74.3 Å². The zero-order valence-corrected chi connectivity index (χ0v) is 18.5. The molecule has 2 aliphatic rings. The fourth-order valence-electron chi connectivity index (χ4n) is 4.96. The van der Waals surface area contributed by atoms with E-state index >= 15 is 0 Å². The van der Waals surface area contributed by atoms with E-state index in [1.54, 1.807) is 6.08 Å². The van der Waals surface area contributed by atoms with Crippen molar-refractivity contribution in [3.8, 4) is 0 Å². The summed E-state index contributed by atoms with van der Waals surface area (Å²) >= 11 is 0. The van der Waals surface area contributed by atoms with Crippen LogP contribution in [0.1, 0.15) is 44.9 Å². The molecular weight excluding hydrogens is 376 g/mol. The van der Waals surface area contributed by atoms with Gasteiger partial charge < -0.3 is 14.1 Å². The number of aryl methyl sites for hydroxylation is 1. The van der Waals surface area contributed by atoms with Crippen LogP contribution in [0.4, 0.5) is 0 Å². The van der Waals surface area contributed by atoms with Crippen LogP contribution in [0.25, 0.3) is 17.0 Å². The Hall–Kier alpha value is -2.11. The number of piperidine rings is 1. The van der Waals surface area contributed by atoms with Crippen molar-refractivity contribution in [2.45, 2.75) is 52.2 Å². The van der Waals surface area contributed by atoms with E-state index in [9.17, 15) is 4.79 Å². The fourth-order valence-corrected chi connectivity index (χ4v) is 4.96. The number of nitrogens with zero attached hydrogens (tertiary/aromatic N) is 2. The standard InChI is InChI=1S/C25H34N2O3/c1-4-23-22(21-7-5-6-8-24(21)30-23)9-10-25(28)27-13-11-20(12-14-27)17-26-15-18(2)29-19(3)16-26/h5-10,18-20H,4,11-17H2,1-3H3/b10-9+. The second-order valence-electron chi connectivity index (χ2n) is 8.87. The predicted octanol–water partition coefficient (Wildman–Crippen LogP) is 4.36. The van der Waals surface area contributed by atoms with Gasteiger partial charge in [0, 0.05) is 56.2 Å². The molecule has 3 heterocycles. The molecule has 2 aromatic rings. The maximum Gasteiger partial charge on any atom is 0.246 e. The Kier molecular flexibility index (Phi) is 6.59. The molecule has 2 atom stereocenters. The molecule has 5 heteroatoms. The summed E-state index contributed by atoms with van der Waals surface area (Å²) in [5.74, 6) is 1.71. The third-order valence-electron chi connectivity index (χ3n) is 6.36. The third kappa shape index (κ3) is 4.79. The molecule has 1 amide bonds. The lowest BCUT2D eigenvalue weighted by Gasteiger charge is -2.39. The van der Waals surface area contributed by atoms with Crippen molar-refractivity contribution in [2.75, 3.05) is 32.7 Å². The van der Waals surface area contributed by atoms with Gasteiger partial charge in [-0.2, -0.15) is 0 Å². The van der Waals surface area contributed by atoms with Gasteiger partial charge in [-0.25, -0.2) is 0 Å². The van der Waals surface area contributed by atoms with Crippen molar-refractivity contribution in [3.63, 3.8) is 0 Å². The minimum absolute atomic E-state index is 0.106. The van der Waals surface area contributed by atoms with Gasteiger partial charge in [-0.3, -0.25) is 9.69 Å². The van der Waals surface area contributed by atoms with Gasteiger partial charge in [0.15, 0.2) is 0 Å². The summed E-state index contributed by atoms with van der Waals surface area (Å²) in [6.45, 7) is 11.2. The highest BCUT2D eigenvalue weighted by Gasteiger charge is 2.27. The Labute approximate surface area is 179 Å². The van der Waals surface area contributed by atoms with Crippen LogP contribution in [0.3, 0.4) is 0 Å². The lowest BCUT2D eigenvalue weighted by Crippen LogP contribution is -2.48. The number of hydrogen-bond acceptors (Lipinski definition) is 4. The molecule has 2 aliphatic heterocycles. The van der Waals surface area contributed by atoms with Gasteiger partial charge in [0.2, 0.25) is 5.91 Å². The molecule has 30 heavy (non-hydrogen) atoms. The van der Waals surface area contributed by atoms with Crippen molar-refractivity contribution in [3.05, 3.63) is 41.7 Å². The van der Waals surface area contributed by atoms with Gasteiger partial charge in [0.25, 0.3) is 0 Å². The molecule has 2 saturated heterocycles. The quantitative estimate of drug-likeness (QED) is 0.687. The summed E-state index contributed by atoms with van der Waals surface area (Å²) in [6, 6.07) is 8.03. The molecule has 162 valence electrons. The minimum Gasteiger partial charge on any atom is -0.460 e. The highest BCUT2D eigenvalue weighted by molar-refractivity contribution is 5.96. The molecule has 0 spiro atoms. The summed E-state index contributed by atoms with van der Waals surface area (Å²) in [4.78, 5) is 17.3. The number of furan rings is 1. The minimum atomic E-state index is 0.106. The van der Waals surface area contributed by atoms with Crippen LogP contribution >= 0.6 is 0 Å². The van der Waals surface area contributed by atoms with Crippen LogP contribution in [0.15, 0.2) is 34.8 Å². The number of hydrogen-bond donors (Lipinski definition) is 0. The first-order valence-electron chi connectivity index (χ1n) is 11.4. The number of rotatable bonds is 5. The number of carbonyl (C=O) groups excluding carboxylic acids is 1. The third-order valence-corrected chi connectivity index (χ3v) is 6.36. The van der Waals surface area contributed by atoms with Gasteiger partial charge in [-0.1, -0.05) is 25.1 Å². The molecule has 1 aromatic carbocycles. The van der Waals surface area contributed by atoms with E-state index in [1.165, 1.54) is 0 Å². The molecular formula is C25H34N2O3. The van der Waals surface area contributed by atoms with Crippen molar-refractivity contribution in [1.29, 1.82) is 0 Å². The van der Waals surface area contributed by atoms with E-state index < -0.39 is 0 Å². The molecule has 4 rings (SSSR count). The Bertz CT molecular complexity index is 885. The van der Waals surface area contributed by atoms with E-state index in [4.69, 9.17) is 9.15 Å². The lowest BCUT2D eigenvalue weighted by atomic mass is 9.95. The van der Waals surface area contributed by atoms with E-state index in [1.807, 2.05) is 29.2 Å². The van der Waals surface area contributed by atoms with Crippen molar-refractivity contribution < 1.29 is 13.9 Å². The number of amides is 1. The highest BCUT2D eigenvalue weighted by Crippen LogP contribution is 2.28. The summed E-state index contributed by atoms with van der Waals surface area (Å²) in [7, 11) is 0. The molecule has 0 aliphatic carbocycles. The topological polar surface area (TPSA) is 45.9 Å². The highest BCUT2D eigenvalue weighted by atomic mass is 16.5. The van der Waals surface area contributed by atoms with Gasteiger partial charge in [0.05, 0.1) is 12.2 Å². The maximum absolute atomic E-state index is 12.8. The molecule has 5 nitrogen and oxygen atoms in total. The number of ether oxygens (including phenoxy) is 1. The summed E-state index contributed by atoms with van der Waals surface area (Å²) in [5, 5.41) is 1.08. The second kappa shape index (κ2) is 9.36. The van der Waals surface area contributed by atoms with Crippen molar-refractivity contribution >= 4 is 23.0 Å². The Morgan fingerprint density at radius 3 is 2.53 bits per heavy atom. The monoisotopic (exact) mass is 410 g/mol. The van der Waals surface area contributed by atoms with Crippen LogP contribution in [-0.4, -0.2) is 60.6 Å². The molecule has 0 bridgehead atoms. The normalized spacial score (nSPS) is 24.2. The second-order valence-corrected chi connectivity index (χ2v) is 8.87. The van der Waals surface area contributed by atoms with Gasteiger partial charge >= 0.3 is 0 Å². The first-order chi connectivity index (χ1) is 14.5. The van der Waals surface area contributed by atoms with Crippen molar-refractivity contribution in [2.24, 2.45) is 5.92 Å². The fraction of sp³-hybridized carbons (Fsp3) is 0.560. The zero-order chi connectivity index (χ0) is 21.1. The lowest BCUT2D eigenvalue weighted by molar-refractivity contribution is -0.127. The first kappa shape index (κ1) is 21.1. The van der Waals surface area contributed by atoms with E-state index in [2.05, 4.69) is 31.7 Å². The Morgan fingerprint density at radius 1 is 1.13 bits per heavy atom. The molecule has 1 aromatic heterocycles. The average molecular weight is 411 g/mol. The number of benzene rings is 1. The van der Waals surface area contributed by atoms with Gasteiger partial charge in [-0.05, 0) is 44.7 Å². The molecule has 0 N–H and O–H groups in total. The van der Waals surface area contributed by atoms with Crippen LogP contribution < -0.4 is 0 Å². The van der Waals surface area contributed by atoms with Crippen LogP contribution in [0.2, 0.25) is 0 Å². The van der Waals surface area contributed by atoms with Crippen LogP contribution in [0, 0.1) is 5.92 Å². The smallest absolute Gasteiger partial charge is 0.246 e. The predicted molar refractivity (Wildman–Crippen MR) is 120 cm³/mol. The Balaban J connectivity index is 1.33. The number of morpholine rings is 1. The summed E-state index contributed by atoms with van der Waals surface area (Å²) in [5.41, 5.74) is 1.92.